The summed E-state index contributed by atoms with van der Waals surface area (Å²) in [5, 5.41) is 20.1. The van der Waals surface area contributed by atoms with Crippen LogP contribution in [-0.2, 0) is 0 Å². The Morgan fingerprint density at radius 2 is 2.18 bits per heavy atom. The van der Waals surface area contributed by atoms with Crippen molar-refractivity contribution in [3.8, 4) is 11.3 Å². The molecular weight excluding hydrogens is 280 g/mol. The second-order valence-electron chi connectivity index (χ2n) is 5.19. The van der Waals surface area contributed by atoms with Gasteiger partial charge in [0.2, 0.25) is 5.95 Å². The first-order chi connectivity index (χ1) is 10.7. The zero-order valence-electron chi connectivity index (χ0n) is 12.2. The van der Waals surface area contributed by atoms with Crippen LogP contribution in [0.1, 0.15) is 13.3 Å². The molecule has 5 N–H and O–H groups in total. The van der Waals surface area contributed by atoms with Crippen molar-refractivity contribution in [1.82, 2.24) is 20.2 Å². The van der Waals surface area contributed by atoms with Crippen LogP contribution >= 0.6 is 0 Å². The number of rotatable bonds is 5. The minimum absolute atomic E-state index is 0.0924. The van der Waals surface area contributed by atoms with E-state index in [9.17, 15) is 0 Å². The van der Waals surface area contributed by atoms with Gasteiger partial charge in [-0.3, -0.25) is 5.10 Å². The summed E-state index contributed by atoms with van der Waals surface area (Å²) in [6.07, 6.45) is 2.34. The van der Waals surface area contributed by atoms with Gasteiger partial charge in [-0.25, -0.2) is 4.98 Å². The number of aliphatic hydroxyl groups is 1. The molecule has 2 aromatic heterocycles. The molecule has 0 aliphatic rings. The van der Waals surface area contributed by atoms with E-state index in [0.717, 1.165) is 22.2 Å². The van der Waals surface area contributed by atoms with Gasteiger partial charge in [-0.1, -0.05) is 6.07 Å². The molecule has 7 heteroatoms. The minimum atomic E-state index is 0.0924. The maximum absolute atomic E-state index is 9.02. The van der Waals surface area contributed by atoms with Crippen molar-refractivity contribution >= 4 is 22.7 Å². The molecule has 0 saturated carbocycles. The highest BCUT2D eigenvalue weighted by molar-refractivity contribution is 5.92. The number of nitrogen functional groups attached to an aromatic ring is 1. The van der Waals surface area contributed by atoms with E-state index in [1.54, 1.807) is 6.20 Å². The summed E-state index contributed by atoms with van der Waals surface area (Å²) in [6, 6.07) is 7.88. The molecule has 114 valence electrons. The molecule has 0 amide bonds. The maximum atomic E-state index is 9.02. The Kier molecular flexibility index (Phi) is 3.88. The fourth-order valence-electron chi connectivity index (χ4n) is 2.34. The lowest BCUT2D eigenvalue weighted by atomic mass is 10.1. The SMILES string of the molecule is CC(CCO)Nc1nc(N)nc2cc(-c3ccn[nH]3)ccc12. The van der Waals surface area contributed by atoms with E-state index in [1.807, 2.05) is 31.2 Å². The fraction of sp³-hybridized carbons (Fsp3) is 0.267. The Morgan fingerprint density at radius 3 is 2.91 bits per heavy atom. The highest BCUT2D eigenvalue weighted by atomic mass is 16.3. The van der Waals surface area contributed by atoms with Crippen LogP contribution in [0.3, 0.4) is 0 Å². The molecular formula is C15H18N6O. The van der Waals surface area contributed by atoms with Crippen LogP contribution in [-0.4, -0.2) is 37.9 Å². The summed E-state index contributed by atoms with van der Waals surface area (Å²) in [5.74, 6) is 0.896. The van der Waals surface area contributed by atoms with Crippen molar-refractivity contribution in [2.75, 3.05) is 17.7 Å². The summed E-state index contributed by atoms with van der Waals surface area (Å²) in [4.78, 5) is 8.57. The van der Waals surface area contributed by atoms with Crippen LogP contribution in [0.2, 0.25) is 0 Å². The maximum Gasteiger partial charge on any atom is 0.222 e. The van der Waals surface area contributed by atoms with Gasteiger partial charge < -0.3 is 16.2 Å². The average Bonchev–Trinajstić information content (AvgIpc) is 3.00. The Morgan fingerprint density at radius 1 is 1.32 bits per heavy atom. The quantitative estimate of drug-likeness (QED) is 0.571. The Labute approximate surface area is 127 Å². The van der Waals surface area contributed by atoms with Crippen LogP contribution in [0.15, 0.2) is 30.5 Å². The number of aromatic amines is 1. The molecule has 7 nitrogen and oxygen atoms in total. The Bertz CT molecular complexity index is 771. The number of anilines is 2. The molecule has 3 rings (SSSR count). The van der Waals surface area contributed by atoms with Gasteiger partial charge in [-0.2, -0.15) is 10.1 Å². The van der Waals surface area contributed by atoms with Crippen molar-refractivity contribution in [2.45, 2.75) is 19.4 Å². The highest BCUT2D eigenvalue weighted by Gasteiger charge is 2.10. The lowest BCUT2D eigenvalue weighted by Crippen LogP contribution is -2.18. The van der Waals surface area contributed by atoms with Crippen molar-refractivity contribution in [3.05, 3.63) is 30.5 Å². The minimum Gasteiger partial charge on any atom is -0.396 e. The zero-order chi connectivity index (χ0) is 15.5. The van der Waals surface area contributed by atoms with Gasteiger partial charge in [0.05, 0.1) is 11.2 Å². The molecule has 3 aromatic rings. The van der Waals surface area contributed by atoms with E-state index in [-0.39, 0.29) is 18.6 Å². The molecule has 1 unspecified atom stereocenters. The molecule has 2 heterocycles. The van der Waals surface area contributed by atoms with Crippen LogP contribution < -0.4 is 11.1 Å². The summed E-state index contributed by atoms with van der Waals surface area (Å²) in [6.45, 7) is 2.11. The van der Waals surface area contributed by atoms with E-state index < -0.39 is 0 Å². The molecule has 0 bridgehead atoms. The molecule has 0 fully saturated rings. The molecule has 0 radical (unpaired) electrons. The predicted molar refractivity (Wildman–Crippen MR) is 86.3 cm³/mol. The van der Waals surface area contributed by atoms with E-state index in [4.69, 9.17) is 10.8 Å². The van der Waals surface area contributed by atoms with Crippen molar-refractivity contribution < 1.29 is 5.11 Å². The lowest BCUT2D eigenvalue weighted by molar-refractivity contribution is 0.282. The van der Waals surface area contributed by atoms with E-state index in [2.05, 4.69) is 25.5 Å². The van der Waals surface area contributed by atoms with Crippen molar-refractivity contribution in [2.24, 2.45) is 0 Å². The lowest BCUT2D eigenvalue weighted by Gasteiger charge is -2.15. The molecule has 0 spiro atoms. The van der Waals surface area contributed by atoms with Gasteiger partial charge in [0.1, 0.15) is 5.82 Å². The zero-order valence-corrected chi connectivity index (χ0v) is 12.2. The number of hydrogen-bond acceptors (Lipinski definition) is 6. The average molecular weight is 298 g/mol. The topological polar surface area (TPSA) is 113 Å². The normalized spacial score (nSPS) is 12.5. The standard InChI is InChI=1S/C15H18N6O/c1-9(5-7-22)18-14-11-3-2-10(12-4-6-17-21-12)8-13(11)19-15(16)20-14/h2-4,6,8-9,22H,5,7H2,1H3,(H,17,21)(H3,16,18,19,20). The molecule has 22 heavy (non-hydrogen) atoms. The van der Waals surface area contributed by atoms with Gasteiger partial charge in [0, 0.05) is 29.8 Å². The molecule has 0 aliphatic carbocycles. The summed E-state index contributed by atoms with van der Waals surface area (Å²) >= 11 is 0. The predicted octanol–water partition coefficient (Wildman–Crippen LogP) is 1.78. The van der Waals surface area contributed by atoms with E-state index in [1.165, 1.54) is 0 Å². The number of nitrogens with two attached hydrogens (primary N) is 1. The highest BCUT2D eigenvalue weighted by Crippen LogP contribution is 2.26. The Hall–Kier alpha value is -2.67. The largest absolute Gasteiger partial charge is 0.396 e. The molecule has 0 aliphatic heterocycles. The van der Waals surface area contributed by atoms with Crippen molar-refractivity contribution in [3.63, 3.8) is 0 Å². The fourth-order valence-corrected chi connectivity index (χ4v) is 2.34. The summed E-state index contributed by atoms with van der Waals surface area (Å²) < 4.78 is 0. The first-order valence-corrected chi connectivity index (χ1v) is 7.12. The second-order valence-corrected chi connectivity index (χ2v) is 5.19. The van der Waals surface area contributed by atoms with Crippen LogP contribution in [0.4, 0.5) is 11.8 Å². The number of aromatic nitrogens is 4. The van der Waals surface area contributed by atoms with Gasteiger partial charge in [0.15, 0.2) is 0 Å². The second kappa shape index (κ2) is 5.98. The number of aliphatic hydroxyl groups excluding tert-OH is 1. The van der Waals surface area contributed by atoms with Gasteiger partial charge in [0.25, 0.3) is 0 Å². The summed E-state index contributed by atoms with van der Waals surface area (Å²) in [5.41, 5.74) is 8.48. The number of nitrogens with zero attached hydrogens (tertiary/aromatic N) is 3. The number of hydrogen-bond donors (Lipinski definition) is 4. The summed E-state index contributed by atoms with van der Waals surface area (Å²) in [7, 11) is 0. The third-order valence-corrected chi connectivity index (χ3v) is 3.47. The van der Waals surface area contributed by atoms with Gasteiger partial charge in [-0.05, 0) is 31.5 Å². The third kappa shape index (κ3) is 2.84. The first-order valence-electron chi connectivity index (χ1n) is 7.12. The van der Waals surface area contributed by atoms with E-state index >= 15 is 0 Å². The third-order valence-electron chi connectivity index (χ3n) is 3.47. The first kappa shape index (κ1) is 14.3. The smallest absolute Gasteiger partial charge is 0.222 e. The van der Waals surface area contributed by atoms with E-state index in [0.29, 0.717) is 12.2 Å². The monoisotopic (exact) mass is 298 g/mol. The molecule has 0 saturated heterocycles. The van der Waals surface area contributed by atoms with Crippen LogP contribution in [0.25, 0.3) is 22.2 Å². The van der Waals surface area contributed by atoms with Gasteiger partial charge >= 0.3 is 0 Å². The van der Waals surface area contributed by atoms with Gasteiger partial charge in [-0.15, -0.1) is 0 Å². The van der Waals surface area contributed by atoms with Crippen molar-refractivity contribution in [1.29, 1.82) is 0 Å². The number of fused-ring (bicyclic) bond motifs is 1. The number of nitrogens with one attached hydrogen (secondary N) is 2. The molecule has 1 atom stereocenters. The number of benzene rings is 1. The molecule has 1 aromatic carbocycles. The number of H-pyrrole nitrogens is 1. The van der Waals surface area contributed by atoms with Crippen LogP contribution in [0, 0.1) is 0 Å². The van der Waals surface area contributed by atoms with Crippen LogP contribution in [0.5, 0.6) is 0 Å². The Balaban J connectivity index is 2.03.